The summed E-state index contributed by atoms with van der Waals surface area (Å²) in [4.78, 5) is 29.6. The Morgan fingerprint density at radius 2 is 1.78 bits per heavy atom. The minimum atomic E-state index is -3.85. The Kier molecular flexibility index (Phi) is 4.63. The van der Waals surface area contributed by atoms with Crippen molar-refractivity contribution < 1.29 is 13.2 Å². The smallest absolute Gasteiger partial charge is 0.322 e. The molecule has 8 nitrogen and oxygen atoms in total. The normalized spacial score (nSPS) is 15.7. The van der Waals surface area contributed by atoms with E-state index in [0.717, 1.165) is 5.56 Å². The molecule has 1 aliphatic heterocycles. The number of para-hydroxylation sites is 1. The summed E-state index contributed by atoms with van der Waals surface area (Å²) < 4.78 is 28.3. The van der Waals surface area contributed by atoms with Gasteiger partial charge >= 0.3 is 5.69 Å². The molecular formula is C23H20N4O4S. The highest BCUT2D eigenvalue weighted by atomic mass is 32.2. The highest BCUT2D eigenvalue weighted by Crippen LogP contribution is 2.36. The predicted octanol–water partition coefficient (Wildman–Crippen LogP) is 3.25. The summed E-state index contributed by atoms with van der Waals surface area (Å²) in [7, 11) is -3.85. The number of anilines is 2. The van der Waals surface area contributed by atoms with Gasteiger partial charge in [0.25, 0.3) is 15.9 Å². The molecule has 4 aromatic rings. The number of nitrogens with one attached hydrogen (secondary N) is 3. The molecule has 0 aliphatic carbocycles. The Morgan fingerprint density at radius 1 is 1.00 bits per heavy atom. The topological polar surface area (TPSA) is 115 Å². The zero-order valence-corrected chi connectivity index (χ0v) is 17.9. The number of rotatable bonds is 4. The van der Waals surface area contributed by atoms with Gasteiger partial charge in [-0.3, -0.25) is 9.10 Å². The number of H-pyrrole nitrogens is 2. The Morgan fingerprint density at radius 3 is 2.62 bits per heavy atom. The Hall–Kier alpha value is -3.85. The van der Waals surface area contributed by atoms with Crippen LogP contribution in [-0.2, 0) is 16.4 Å². The second-order valence-corrected chi connectivity index (χ2v) is 9.62. The SMILES string of the molecule is C[C@H]1Cc2ccccc2N1S(=O)(=O)c1cccc(C(=O)Nc2ccc3[nH]c(=O)[nH]c3c2)c1. The molecule has 0 saturated heterocycles. The van der Waals surface area contributed by atoms with Crippen molar-refractivity contribution in [3.05, 3.63) is 88.3 Å². The number of aromatic nitrogens is 2. The summed E-state index contributed by atoms with van der Waals surface area (Å²) in [6.45, 7) is 1.87. The summed E-state index contributed by atoms with van der Waals surface area (Å²) >= 11 is 0. The minimum absolute atomic E-state index is 0.0547. The first kappa shape index (κ1) is 20.1. The summed E-state index contributed by atoms with van der Waals surface area (Å²) in [6, 6.07) is 18.2. The first-order chi connectivity index (χ1) is 15.3. The molecule has 9 heteroatoms. The lowest BCUT2D eigenvalue weighted by molar-refractivity contribution is 0.102. The van der Waals surface area contributed by atoms with Crippen molar-refractivity contribution in [3.8, 4) is 0 Å². The average molecular weight is 449 g/mol. The number of carbonyl (C=O) groups is 1. The van der Waals surface area contributed by atoms with Crippen LogP contribution in [0.5, 0.6) is 0 Å². The molecule has 0 bridgehead atoms. The van der Waals surface area contributed by atoms with E-state index in [0.29, 0.717) is 28.8 Å². The van der Waals surface area contributed by atoms with E-state index in [4.69, 9.17) is 0 Å². The van der Waals surface area contributed by atoms with E-state index in [-0.39, 0.29) is 22.2 Å². The lowest BCUT2D eigenvalue weighted by Gasteiger charge is -2.24. The van der Waals surface area contributed by atoms with Gasteiger partial charge in [-0.05, 0) is 61.4 Å². The number of hydrogen-bond acceptors (Lipinski definition) is 4. The molecule has 1 atom stereocenters. The second-order valence-electron chi connectivity index (χ2n) is 7.80. The van der Waals surface area contributed by atoms with Gasteiger partial charge in [0, 0.05) is 17.3 Å². The lowest BCUT2D eigenvalue weighted by Crippen LogP contribution is -2.35. The maximum Gasteiger partial charge on any atom is 0.323 e. The quantitative estimate of drug-likeness (QED) is 0.444. The van der Waals surface area contributed by atoms with Gasteiger partial charge in [-0.2, -0.15) is 0 Å². The summed E-state index contributed by atoms with van der Waals surface area (Å²) in [5.41, 5.74) is 3.20. The molecule has 1 aliphatic rings. The Balaban J connectivity index is 1.44. The largest absolute Gasteiger partial charge is 0.323 e. The highest BCUT2D eigenvalue weighted by molar-refractivity contribution is 7.92. The Labute approximate surface area is 184 Å². The van der Waals surface area contributed by atoms with Crippen LogP contribution in [0.2, 0.25) is 0 Å². The lowest BCUT2D eigenvalue weighted by atomic mass is 10.1. The number of imidazole rings is 1. The van der Waals surface area contributed by atoms with Gasteiger partial charge in [0.05, 0.1) is 21.6 Å². The molecule has 1 aromatic heterocycles. The summed E-state index contributed by atoms with van der Waals surface area (Å²) in [5, 5.41) is 2.75. The number of amides is 1. The highest BCUT2D eigenvalue weighted by Gasteiger charge is 2.36. The van der Waals surface area contributed by atoms with Crippen molar-refractivity contribution in [2.24, 2.45) is 0 Å². The maximum atomic E-state index is 13.4. The second kappa shape index (κ2) is 7.38. The van der Waals surface area contributed by atoms with E-state index in [1.165, 1.54) is 16.4 Å². The third-order valence-corrected chi connectivity index (χ3v) is 7.50. The van der Waals surface area contributed by atoms with E-state index in [2.05, 4.69) is 15.3 Å². The standard InChI is InChI=1S/C23H20N4O4S/c1-14-11-15-5-2-3-8-21(15)27(14)32(30,31)18-7-4-6-16(12-18)22(28)24-17-9-10-19-20(13-17)26-23(29)25-19/h2-10,12-14H,11H2,1H3,(H,24,28)(H2,25,26,29)/t14-/m0/s1. The molecule has 0 saturated carbocycles. The molecule has 0 spiro atoms. The van der Waals surface area contributed by atoms with Crippen LogP contribution in [-0.4, -0.2) is 30.3 Å². The predicted molar refractivity (Wildman–Crippen MR) is 123 cm³/mol. The summed E-state index contributed by atoms with van der Waals surface area (Å²) in [5.74, 6) is -0.450. The van der Waals surface area contributed by atoms with Crippen LogP contribution in [0.1, 0.15) is 22.8 Å². The fourth-order valence-corrected chi connectivity index (χ4v) is 5.87. The van der Waals surface area contributed by atoms with Crippen LogP contribution in [0.15, 0.2) is 76.4 Å². The van der Waals surface area contributed by atoms with Gasteiger partial charge < -0.3 is 15.3 Å². The average Bonchev–Trinajstić information content (AvgIpc) is 3.31. The number of fused-ring (bicyclic) bond motifs is 2. The van der Waals surface area contributed by atoms with Crippen molar-refractivity contribution in [2.45, 2.75) is 24.3 Å². The van der Waals surface area contributed by atoms with Crippen molar-refractivity contribution in [1.29, 1.82) is 0 Å². The third kappa shape index (κ3) is 3.36. The van der Waals surface area contributed by atoms with Gasteiger partial charge in [0.1, 0.15) is 0 Å². The van der Waals surface area contributed by atoms with Crippen LogP contribution >= 0.6 is 0 Å². The zero-order valence-electron chi connectivity index (χ0n) is 17.1. The van der Waals surface area contributed by atoms with E-state index in [1.54, 1.807) is 36.4 Å². The molecular weight excluding hydrogens is 428 g/mol. The van der Waals surface area contributed by atoms with E-state index >= 15 is 0 Å². The molecule has 3 aromatic carbocycles. The number of hydrogen-bond donors (Lipinski definition) is 3. The number of benzene rings is 3. The fourth-order valence-electron chi connectivity index (χ4n) is 4.13. The van der Waals surface area contributed by atoms with Crippen molar-refractivity contribution in [1.82, 2.24) is 9.97 Å². The minimum Gasteiger partial charge on any atom is -0.322 e. The molecule has 2 heterocycles. The van der Waals surface area contributed by atoms with Gasteiger partial charge in [0.2, 0.25) is 0 Å². The first-order valence-electron chi connectivity index (χ1n) is 10.1. The van der Waals surface area contributed by atoms with Crippen LogP contribution in [0.4, 0.5) is 11.4 Å². The monoisotopic (exact) mass is 448 g/mol. The van der Waals surface area contributed by atoms with Crippen molar-refractivity contribution >= 4 is 38.3 Å². The number of nitrogens with zero attached hydrogens (tertiary/aromatic N) is 1. The number of aromatic amines is 2. The van der Waals surface area contributed by atoms with Crippen molar-refractivity contribution in [3.63, 3.8) is 0 Å². The van der Waals surface area contributed by atoms with Crippen LogP contribution < -0.4 is 15.3 Å². The molecule has 32 heavy (non-hydrogen) atoms. The van der Waals surface area contributed by atoms with Gasteiger partial charge in [-0.1, -0.05) is 24.3 Å². The van der Waals surface area contributed by atoms with Crippen molar-refractivity contribution in [2.75, 3.05) is 9.62 Å². The third-order valence-electron chi connectivity index (χ3n) is 5.57. The van der Waals surface area contributed by atoms with Gasteiger partial charge in [-0.15, -0.1) is 0 Å². The molecule has 5 rings (SSSR count). The number of sulfonamides is 1. The number of carbonyl (C=O) groups excluding carboxylic acids is 1. The molecule has 3 N–H and O–H groups in total. The Bertz CT molecular complexity index is 1520. The molecule has 0 unspecified atom stereocenters. The molecule has 162 valence electrons. The van der Waals surface area contributed by atoms with E-state index in [9.17, 15) is 18.0 Å². The van der Waals surface area contributed by atoms with Gasteiger partial charge in [0.15, 0.2) is 0 Å². The van der Waals surface area contributed by atoms with Gasteiger partial charge in [-0.25, -0.2) is 13.2 Å². The molecule has 0 radical (unpaired) electrons. The van der Waals surface area contributed by atoms with E-state index in [1.807, 2.05) is 25.1 Å². The van der Waals surface area contributed by atoms with E-state index < -0.39 is 15.9 Å². The fraction of sp³-hybridized carbons (Fsp3) is 0.130. The maximum absolute atomic E-state index is 13.4. The zero-order chi connectivity index (χ0) is 22.5. The van der Waals surface area contributed by atoms with Crippen LogP contribution in [0.3, 0.4) is 0 Å². The molecule has 0 fully saturated rings. The first-order valence-corrected chi connectivity index (χ1v) is 11.5. The summed E-state index contributed by atoms with van der Waals surface area (Å²) in [6.07, 6.45) is 0.638. The molecule has 1 amide bonds. The van der Waals surface area contributed by atoms with Crippen LogP contribution in [0.25, 0.3) is 11.0 Å². The van der Waals surface area contributed by atoms with Crippen LogP contribution in [0, 0.1) is 0 Å².